The first kappa shape index (κ1) is 16.3. The molecule has 6 unspecified atom stereocenters. The van der Waals surface area contributed by atoms with Gasteiger partial charge in [-0.15, -0.1) is 0 Å². The molecule has 4 rings (SSSR count). The van der Waals surface area contributed by atoms with Gasteiger partial charge in [0.05, 0.1) is 24.5 Å². The van der Waals surface area contributed by atoms with Crippen LogP contribution in [-0.4, -0.2) is 28.7 Å². The van der Waals surface area contributed by atoms with Gasteiger partial charge >= 0.3 is 0 Å². The molecule has 4 nitrogen and oxygen atoms in total. The van der Waals surface area contributed by atoms with Gasteiger partial charge in [0.2, 0.25) is 0 Å². The summed E-state index contributed by atoms with van der Waals surface area (Å²) >= 11 is 0. The molecule has 1 aromatic rings. The van der Waals surface area contributed by atoms with E-state index >= 15 is 0 Å². The molecular formula is C20H28O4. The van der Waals surface area contributed by atoms with E-state index in [0.29, 0.717) is 12.3 Å². The van der Waals surface area contributed by atoms with E-state index in [-0.39, 0.29) is 29.1 Å². The van der Waals surface area contributed by atoms with Crippen LogP contribution in [0.5, 0.6) is 0 Å². The lowest BCUT2D eigenvalue weighted by Gasteiger charge is -2.64. The molecule has 3 aliphatic carbocycles. The number of Topliss-reactive ketones (excluding diaryl/α,β-unsaturated/α-hetero) is 1. The van der Waals surface area contributed by atoms with E-state index in [9.17, 15) is 15.0 Å². The standard InChI is InChI=1S/C20H28O4/c1-18-7-6-16-19(2,8-14(22)17(23)20(16,3)11-21)15(18)5-4-12-9-24-10-13(12)18/h9-10,14-16,21-22H,4-8,11H2,1-3H3. The van der Waals surface area contributed by atoms with Crippen molar-refractivity contribution in [2.75, 3.05) is 6.61 Å². The molecule has 24 heavy (non-hydrogen) atoms. The number of ketones is 1. The van der Waals surface area contributed by atoms with E-state index in [1.54, 1.807) is 0 Å². The number of carbonyl (C=O) groups excluding carboxylic acids is 1. The molecule has 0 spiro atoms. The summed E-state index contributed by atoms with van der Waals surface area (Å²) in [5.41, 5.74) is 1.68. The van der Waals surface area contributed by atoms with Crippen molar-refractivity contribution in [1.29, 1.82) is 0 Å². The normalized spacial score (nSPS) is 47.7. The molecular weight excluding hydrogens is 304 g/mol. The smallest absolute Gasteiger partial charge is 0.169 e. The summed E-state index contributed by atoms with van der Waals surface area (Å²) in [6.07, 6.45) is 7.29. The van der Waals surface area contributed by atoms with Crippen LogP contribution in [0.25, 0.3) is 0 Å². The maximum atomic E-state index is 12.6. The number of fused-ring (bicyclic) bond motifs is 5. The lowest BCUT2D eigenvalue weighted by molar-refractivity contribution is -0.179. The first-order valence-electron chi connectivity index (χ1n) is 9.16. The van der Waals surface area contributed by atoms with E-state index in [1.807, 2.05) is 19.5 Å². The Balaban J connectivity index is 1.82. The molecule has 4 heteroatoms. The summed E-state index contributed by atoms with van der Waals surface area (Å²) in [7, 11) is 0. The number of hydrogen-bond donors (Lipinski definition) is 2. The molecule has 0 aromatic carbocycles. The summed E-state index contributed by atoms with van der Waals surface area (Å²) in [5.74, 6) is 0.343. The van der Waals surface area contributed by atoms with Crippen molar-refractivity contribution in [3.63, 3.8) is 0 Å². The fourth-order valence-corrected chi connectivity index (χ4v) is 6.79. The lowest BCUT2D eigenvalue weighted by atomic mass is 9.40. The Morgan fingerprint density at radius 2 is 1.96 bits per heavy atom. The summed E-state index contributed by atoms with van der Waals surface area (Å²) in [6, 6.07) is 0. The summed E-state index contributed by atoms with van der Waals surface area (Å²) < 4.78 is 5.51. The average molecular weight is 332 g/mol. The highest BCUT2D eigenvalue weighted by Gasteiger charge is 2.64. The van der Waals surface area contributed by atoms with Crippen LogP contribution in [0.4, 0.5) is 0 Å². The van der Waals surface area contributed by atoms with Crippen LogP contribution >= 0.6 is 0 Å². The third-order valence-electron chi connectivity index (χ3n) is 7.97. The van der Waals surface area contributed by atoms with Crippen molar-refractivity contribution in [2.45, 2.75) is 64.4 Å². The van der Waals surface area contributed by atoms with Gasteiger partial charge in [0.1, 0.15) is 6.10 Å². The van der Waals surface area contributed by atoms with Gasteiger partial charge in [-0.1, -0.05) is 20.8 Å². The minimum Gasteiger partial charge on any atom is -0.472 e. The second kappa shape index (κ2) is 4.95. The van der Waals surface area contributed by atoms with Crippen molar-refractivity contribution < 1.29 is 19.4 Å². The maximum Gasteiger partial charge on any atom is 0.169 e. The average Bonchev–Trinajstić information content (AvgIpc) is 3.02. The molecule has 0 saturated heterocycles. The zero-order valence-corrected chi connectivity index (χ0v) is 14.8. The Labute approximate surface area is 143 Å². The minimum atomic E-state index is -0.962. The number of aliphatic hydroxyl groups excluding tert-OH is 2. The first-order valence-corrected chi connectivity index (χ1v) is 9.16. The molecule has 2 fully saturated rings. The second-order valence-corrected chi connectivity index (χ2v) is 9.08. The molecule has 3 aliphatic rings. The van der Waals surface area contributed by atoms with Crippen LogP contribution < -0.4 is 0 Å². The van der Waals surface area contributed by atoms with Crippen molar-refractivity contribution in [3.8, 4) is 0 Å². The molecule has 2 saturated carbocycles. The second-order valence-electron chi connectivity index (χ2n) is 9.08. The monoisotopic (exact) mass is 332 g/mol. The van der Waals surface area contributed by atoms with E-state index in [1.165, 1.54) is 11.1 Å². The molecule has 2 N–H and O–H groups in total. The zero-order chi connectivity index (χ0) is 17.3. The lowest BCUT2D eigenvalue weighted by Crippen LogP contribution is -2.64. The Bertz CT molecular complexity index is 679. The molecule has 0 amide bonds. The largest absolute Gasteiger partial charge is 0.472 e. The van der Waals surface area contributed by atoms with Gasteiger partial charge in [-0.25, -0.2) is 0 Å². The third kappa shape index (κ3) is 1.79. The van der Waals surface area contributed by atoms with Gasteiger partial charge in [0.15, 0.2) is 5.78 Å². The maximum absolute atomic E-state index is 12.6. The summed E-state index contributed by atoms with van der Waals surface area (Å²) in [5, 5.41) is 20.5. The quantitative estimate of drug-likeness (QED) is 0.829. The first-order chi connectivity index (χ1) is 11.3. The molecule has 0 aliphatic heterocycles. The summed E-state index contributed by atoms with van der Waals surface area (Å²) in [4.78, 5) is 12.6. The number of furan rings is 1. The van der Waals surface area contributed by atoms with Crippen LogP contribution in [-0.2, 0) is 16.6 Å². The molecule has 132 valence electrons. The van der Waals surface area contributed by atoms with E-state index in [4.69, 9.17) is 4.42 Å². The van der Waals surface area contributed by atoms with Crippen LogP contribution in [0.2, 0.25) is 0 Å². The van der Waals surface area contributed by atoms with Crippen LogP contribution in [0.15, 0.2) is 16.9 Å². The predicted octanol–water partition coefficient (Wildman–Crippen LogP) is 2.85. The van der Waals surface area contributed by atoms with Crippen molar-refractivity contribution in [3.05, 3.63) is 23.7 Å². The Hall–Kier alpha value is -1.13. The predicted molar refractivity (Wildman–Crippen MR) is 89.5 cm³/mol. The fraction of sp³-hybridized carbons (Fsp3) is 0.750. The van der Waals surface area contributed by atoms with E-state index in [0.717, 1.165) is 25.7 Å². The van der Waals surface area contributed by atoms with Crippen molar-refractivity contribution in [2.24, 2.45) is 22.7 Å². The molecule has 0 radical (unpaired) electrons. The van der Waals surface area contributed by atoms with Crippen LogP contribution in [0.1, 0.15) is 57.6 Å². The van der Waals surface area contributed by atoms with Gasteiger partial charge in [-0.3, -0.25) is 4.79 Å². The van der Waals surface area contributed by atoms with Crippen molar-refractivity contribution >= 4 is 5.78 Å². The zero-order valence-electron chi connectivity index (χ0n) is 14.8. The molecule has 1 aromatic heterocycles. The highest BCUT2D eigenvalue weighted by Crippen LogP contribution is 2.66. The SMILES string of the molecule is CC1(CO)C(=O)C(O)CC2(C)C1CCC1(C)c3cocc3CCC12. The van der Waals surface area contributed by atoms with Gasteiger partial charge in [0, 0.05) is 0 Å². The van der Waals surface area contributed by atoms with E-state index in [2.05, 4.69) is 13.8 Å². The number of aryl methyl sites for hydroxylation is 1. The Morgan fingerprint density at radius 1 is 1.21 bits per heavy atom. The highest BCUT2D eigenvalue weighted by atomic mass is 16.3. The number of carbonyl (C=O) groups is 1. The van der Waals surface area contributed by atoms with Gasteiger partial charge in [0.25, 0.3) is 0 Å². The van der Waals surface area contributed by atoms with E-state index < -0.39 is 11.5 Å². The minimum absolute atomic E-state index is 0.0301. The van der Waals surface area contributed by atoms with Gasteiger partial charge in [-0.2, -0.15) is 0 Å². The van der Waals surface area contributed by atoms with Crippen molar-refractivity contribution in [1.82, 2.24) is 0 Å². The number of rotatable bonds is 1. The third-order valence-corrected chi connectivity index (χ3v) is 7.97. The fourth-order valence-electron chi connectivity index (χ4n) is 6.79. The Kier molecular flexibility index (Phi) is 3.37. The van der Waals surface area contributed by atoms with Gasteiger partial charge < -0.3 is 14.6 Å². The van der Waals surface area contributed by atoms with Crippen LogP contribution in [0.3, 0.4) is 0 Å². The highest BCUT2D eigenvalue weighted by molar-refractivity contribution is 5.90. The number of aliphatic hydroxyl groups is 2. The van der Waals surface area contributed by atoms with Crippen LogP contribution in [0, 0.1) is 22.7 Å². The molecule has 1 heterocycles. The molecule has 6 atom stereocenters. The topological polar surface area (TPSA) is 70.7 Å². The summed E-state index contributed by atoms with van der Waals surface area (Å²) in [6.45, 7) is 6.25. The molecule has 0 bridgehead atoms. The van der Waals surface area contributed by atoms with Gasteiger partial charge in [-0.05, 0) is 65.9 Å². The number of hydrogen-bond acceptors (Lipinski definition) is 4. The Morgan fingerprint density at radius 3 is 2.67 bits per heavy atom.